The summed E-state index contributed by atoms with van der Waals surface area (Å²) in [6, 6.07) is 7.59. The molecule has 114 valence electrons. The van der Waals surface area contributed by atoms with Crippen LogP contribution in [0.25, 0.3) is 0 Å². The average molecular weight is 351 g/mol. The van der Waals surface area contributed by atoms with Gasteiger partial charge in [0.1, 0.15) is 0 Å². The van der Waals surface area contributed by atoms with E-state index in [1.165, 1.54) is 12.8 Å². The van der Waals surface area contributed by atoms with Crippen LogP contribution in [0.3, 0.4) is 0 Å². The lowest BCUT2D eigenvalue weighted by Crippen LogP contribution is -2.50. The first-order valence-corrected chi connectivity index (χ1v) is 8.71. The minimum atomic E-state index is 0.166. The Balaban J connectivity index is 1.82. The fourth-order valence-corrected chi connectivity index (χ4v) is 4.22. The van der Waals surface area contributed by atoms with Crippen molar-refractivity contribution in [2.24, 2.45) is 0 Å². The summed E-state index contributed by atoms with van der Waals surface area (Å²) in [6.45, 7) is 4.90. The third-order valence-electron chi connectivity index (χ3n) is 4.84. The van der Waals surface area contributed by atoms with Gasteiger partial charge >= 0.3 is 0 Å². The van der Waals surface area contributed by atoms with E-state index in [9.17, 15) is 4.79 Å². The van der Waals surface area contributed by atoms with Crippen molar-refractivity contribution >= 4 is 21.8 Å². The summed E-state index contributed by atoms with van der Waals surface area (Å²) in [5.74, 6) is 0.166. The minimum Gasteiger partial charge on any atom is -0.336 e. The molecule has 3 nitrogen and oxygen atoms in total. The van der Waals surface area contributed by atoms with Crippen LogP contribution < -0.4 is 5.32 Å². The van der Waals surface area contributed by atoms with E-state index in [1.54, 1.807) is 0 Å². The van der Waals surface area contributed by atoms with Crippen LogP contribution in [0.5, 0.6) is 0 Å². The van der Waals surface area contributed by atoms with Gasteiger partial charge in [0.15, 0.2) is 0 Å². The number of rotatable bonds is 3. The highest BCUT2D eigenvalue weighted by molar-refractivity contribution is 9.10. The van der Waals surface area contributed by atoms with Crippen LogP contribution in [0, 0.1) is 6.92 Å². The molecule has 0 saturated carbocycles. The zero-order valence-electron chi connectivity index (χ0n) is 12.7. The number of amides is 1. The van der Waals surface area contributed by atoms with Crippen molar-refractivity contribution in [3.8, 4) is 0 Å². The van der Waals surface area contributed by atoms with E-state index in [1.807, 2.05) is 25.1 Å². The average Bonchev–Trinajstić information content (AvgIpc) is 2.81. The molecule has 1 amide bonds. The van der Waals surface area contributed by atoms with E-state index in [-0.39, 0.29) is 5.91 Å². The standard InChI is InChI=1S/C17H23BrN2O/c1-3-20(14-9-12-5-6-13(10-14)19-12)17(21)15-8-11(2)4-7-16(15)18/h4,7-8,12-14,19H,3,5-6,9-10H2,1-2H3. The van der Waals surface area contributed by atoms with Gasteiger partial charge in [-0.05, 0) is 67.6 Å². The first-order chi connectivity index (χ1) is 10.1. The fraction of sp³-hybridized carbons (Fsp3) is 0.588. The number of nitrogens with one attached hydrogen (secondary N) is 1. The zero-order valence-corrected chi connectivity index (χ0v) is 14.3. The number of benzene rings is 1. The molecule has 2 aliphatic rings. The third kappa shape index (κ3) is 3.02. The smallest absolute Gasteiger partial charge is 0.255 e. The van der Waals surface area contributed by atoms with Gasteiger partial charge in [-0.25, -0.2) is 0 Å². The molecule has 1 aromatic rings. The van der Waals surface area contributed by atoms with Crippen molar-refractivity contribution in [2.45, 2.75) is 57.7 Å². The van der Waals surface area contributed by atoms with Gasteiger partial charge in [-0.3, -0.25) is 4.79 Å². The monoisotopic (exact) mass is 350 g/mol. The summed E-state index contributed by atoms with van der Waals surface area (Å²) in [5, 5.41) is 3.65. The van der Waals surface area contributed by atoms with Gasteiger partial charge in [-0.1, -0.05) is 11.6 Å². The number of hydrogen-bond donors (Lipinski definition) is 1. The minimum absolute atomic E-state index is 0.166. The molecule has 2 saturated heterocycles. The Kier molecular flexibility index (Phi) is 4.36. The van der Waals surface area contributed by atoms with Crippen LogP contribution in [0.2, 0.25) is 0 Å². The lowest BCUT2D eigenvalue weighted by molar-refractivity contribution is 0.0630. The summed E-state index contributed by atoms with van der Waals surface area (Å²) in [4.78, 5) is 15.0. The Labute approximate surface area is 135 Å². The highest BCUT2D eigenvalue weighted by atomic mass is 79.9. The van der Waals surface area contributed by atoms with Crippen molar-refractivity contribution < 1.29 is 4.79 Å². The number of carbonyl (C=O) groups is 1. The molecule has 2 fully saturated rings. The molecule has 2 heterocycles. The largest absolute Gasteiger partial charge is 0.336 e. The quantitative estimate of drug-likeness (QED) is 0.904. The molecule has 0 spiro atoms. The molecule has 0 aliphatic carbocycles. The van der Waals surface area contributed by atoms with Crippen molar-refractivity contribution in [3.63, 3.8) is 0 Å². The van der Waals surface area contributed by atoms with E-state index < -0.39 is 0 Å². The third-order valence-corrected chi connectivity index (χ3v) is 5.53. The Bertz CT molecular complexity index is 534. The van der Waals surface area contributed by atoms with E-state index in [2.05, 4.69) is 33.1 Å². The molecule has 3 rings (SSSR count). The molecule has 2 aliphatic heterocycles. The Morgan fingerprint density at radius 2 is 2.00 bits per heavy atom. The van der Waals surface area contributed by atoms with Gasteiger partial charge in [0.05, 0.1) is 5.56 Å². The Morgan fingerprint density at radius 1 is 1.33 bits per heavy atom. The topological polar surface area (TPSA) is 32.3 Å². The highest BCUT2D eigenvalue weighted by Gasteiger charge is 2.37. The van der Waals surface area contributed by atoms with Crippen molar-refractivity contribution in [1.82, 2.24) is 10.2 Å². The number of aryl methyl sites for hydroxylation is 1. The number of hydrogen-bond acceptors (Lipinski definition) is 2. The molecule has 1 aromatic carbocycles. The number of carbonyl (C=O) groups excluding carboxylic acids is 1. The summed E-state index contributed by atoms with van der Waals surface area (Å²) < 4.78 is 0.897. The maximum Gasteiger partial charge on any atom is 0.255 e. The van der Waals surface area contributed by atoms with Crippen LogP contribution >= 0.6 is 15.9 Å². The second kappa shape index (κ2) is 6.09. The van der Waals surface area contributed by atoms with Gasteiger partial charge in [-0.2, -0.15) is 0 Å². The Morgan fingerprint density at radius 3 is 2.62 bits per heavy atom. The van der Waals surface area contributed by atoms with Gasteiger partial charge in [0.25, 0.3) is 5.91 Å². The van der Waals surface area contributed by atoms with Crippen molar-refractivity contribution in [2.75, 3.05) is 6.54 Å². The molecule has 2 atom stereocenters. The van der Waals surface area contributed by atoms with E-state index in [0.717, 1.165) is 35.0 Å². The molecule has 1 N–H and O–H groups in total. The van der Waals surface area contributed by atoms with E-state index in [4.69, 9.17) is 0 Å². The van der Waals surface area contributed by atoms with E-state index in [0.29, 0.717) is 18.1 Å². The van der Waals surface area contributed by atoms with Crippen LogP contribution in [-0.4, -0.2) is 35.5 Å². The van der Waals surface area contributed by atoms with Gasteiger partial charge in [0, 0.05) is 29.1 Å². The van der Waals surface area contributed by atoms with Crippen molar-refractivity contribution in [1.29, 1.82) is 0 Å². The number of nitrogens with zero attached hydrogens (tertiary/aromatic N) is 1. The first kappa shape index (κ1) is 15.0. The second-order valence-electron chi connectivity index (χ2n) is 6.34. The molecule has 0 radical (unpaired) electrons. The fourth-order valence-electron chi connectivity index (χ4n) is 3.81. The lowest BCUT2D eigenvalue weighted by atomic mass is 9.97. The summed E-state index contributed by atoms with van der Waals surface area (Å²) in [7, 11) is 0. The summed E-state index contributed by atoms with van der Waals surface area (Å²) in [6.07, 6.45) is 4.72. The SMILES string of the molecule is CCN(C(=O)c1cc(C)ccc1Br)C1CC2CCC(C1)N2. The van der Waals surface area contributed by atoms with Gasteiger partial charge < -0.3 is 10.2 Å². The van der Waals surface area contributed by atoms with Crippen LogP contribution in [0.1, 0.15) is 48.5 Å². The molecule has 2 unspecified atom stereocenters. The molecule has 0 aromatic heterocycles. The maximum atomic E-state index is 13.0. The van der Waals surface area contributed by atoms with Crippen LogP contribution in [-0.2, 0) is 0 Å². The molecule has 21 heavy (non-hydrogen) atoms. The van der Waals surface area contributed by atoms with Gasteiger partial charge in [-0.15, -0.1) is 0 Å². The predicted octanol–water partition coefficient (Wildman–Crippen LogP) is 3.50. The maximum absolute atomic E-state index is 13.0. The van der Waals surface area contributed by atoms with Crippen LogP contribution in [0.4, 0.5) is 0 Å². The first-order valence-electron chi connectivity index (χ1n) is 7.91. The van der Waals surface area contributed by atoms with Crippen LogP contribution in [0.15, 0.2) is 22.7 Å². The number of halogens is 1. The number of piperidine rings is 1. The zero-order chi connectivity index (χ0) is 15.0. The summed E-state index contributed by atoms with van der Waals surface area (Å²) >= 11 is 3.53. The predicted molar refractivity (Wildman–Crippen MR) is 88.6 cm³/mol. The molecular weight excluding hydrogens is 328 g/mol. The summed E-state index contributed by atoms with van der Waals surface area (Å²) in [5.41, 5.74) is 1.92. The molecule has 4 heteroatoms. The molecule has 2 bridgehead atoms. The van der Waals surface area contributed by atoms with Crippen molar-refractivity contribution in [3.05, 3.63) is 33.8 Å². The molecular formula is C17H23BrN2O. The normalized spacial score (nSPS) is 27.7. The van der Waals surface area contributed by atoms with E-state index >= 15 is 0 Å². The van der Waals surface area contributed by atoms with Gasteiger partial charge in [0.2, 0.25) is 0 Å². The number of fused-ring (bicyclic) bond motifs is 2. The lowest BCUT2D eigenvalue weighted by Gasteiger charge is -2.37. The highest BCUT2D eigenvalue weighted by Crippen LogP contribution is 2.31. The second-order valence-corrected chi connectivity index (χ2v) is 7.19. The Hall–Kier alpha value is -0.870.